The number of ether oxygens (including phenoxy) is 1. The van der Waals surface area contributed by atoms with E-state index in [1.807, 2.05) is 30.0 Å². The predicted molar refractivity (Wildman–Crippen MR) is 96.1 cm³/mol. The van der Waals surface area contributed by atoms with Crippen LogP contribution in [-0.4, -0.2) is 46.5 Å². The molecular formula is C19H24N4O2. The Morgan fingerprint density at radius 2 is 1.96 bits per heavy atom. The summed E-state index contributed by atoms with van der Waals surface area (Å²) in [5.41, 5.74) is 1.12. The van der Waals surface area contributed by atoms with Crippen molar-refractivity contribution in [1.29, 1.82) is 0 Å². The first-order chi connectivity index (χ1) is 12.2. The molecule has 1 aliphatic heterocycles. The molecule has 0 spiro atoms. The number of nitrogens with one attached hydrogen (secondary N) is 1. The van der Waals surface area contributed by atoms with Crippen LogP contribution in [-0.2, 0) is 9.53 Å². The maximum Gasteiger partial charge on any atom is 0.222 e. The third kappa shape index (κ3) is 5.00. The molecule has 0 unspecified atom stereocenters. The van der Waals surface area contributed by atoms with Gasteiger partial charge in [0.05, 0.1) is 12.6 Å². The summed E-state index contributed by atoms with van der Waals surface area (Å²) < 4.78 is 6.01. The Bertz CT molecular complexity index is 666. The third-order valence-electron chi connectivity index (χ3n) is 4.20. The predicted octanol–water partition coefficient (Wildman–Crippen LogP) is 2.66. The smallest absolute Gasteiger partial charge is 0.222 e. The van der Waals surface area contributed by atoms with Gasteiger partial charge in [0.1, 0.15) is 6.10 Å². The van der Waals surface area contributed by atoms with E-state index in [4.69, 9.17) is 4.74 Å². The second kappa shape index (κ2) is 8.58. The van der Waals surface area contributed by atoms with Crippen LogP contribution in [0.3, 0.4) is 0 Å². The maximum atomic E-state index is 12.5. The molecule has 25 heavy (non-hydrogen) atoms. The van der Waals surface area contributed by atoms with Crippen LogP contribution in [0.1, 0.15) is 31.4 Å². The normalized spacial score (nSPS) is 20.3. The first kappa shape index (κ1) is 17.4. The lowest BCUT2D eigenvalue weighted by Gasteiger charge is -2.37. The van der Waals surface area contributed by atoms with Crippen LogP contribution < -0.4 is 5.32 Å². The van der Waals surface area contributed by atoms with Gasteiger partial charge >= 0.3 is 0 Å². The lowest BCUT2D eigenvalue weighted by Crippen LogP contribution is -2.46. The molecule has 1 N–H and O–H groups in total. The van der Waals surface area contributed by atoms with E-state index in [0.29, 0.717) is 32.0 Å². The summed E-state index contributed by atoms with van der Waals surface area (Å²) in [6, 6.07) is 11.9. The van der Waals surface area contributed by atoms with Crippen LogP contribution in [0, 0.1) is 0 Å². The van der Waals surface area contributed by atoms with Gasteiger partial charge in [-0.25, -0.2) is 9.97 Å². The van der Waals surface area contributed by atoms with Gasteiger partial charge in [0.15, 0.2) is 0 Å². The second-order valence-corrected chi connectivity index (χ2v) is 6.25. The number of morpholine rings is 1. The van der Waals surface area contributed by atoms with E-state index in [2.05, 4.69) is 27.4 Å². The number of nitrogens with zero attached hydrogens (tertiary/aromatic N) is 3. The molecule has 1 aliphatic rings. The third-order valence-corrected chi connectivity index (χ3v) is 4.20. The molecule has 1 saturated heterocycles. The Hall–Kier alpha value is -2.47. The summed E-state index contributed by atoms with van der Waals surface area (Å²) in [7, 11) is 0. The van der Waals surface area contributed by atoms with Crippen molar-refractivity contribution in [1.82, 2.24) is 14.9 Å². The van der Waals surface area contributed by atoms with Gasteiger partial charge in [0, 0.05) is 31.9 Å². The van der Waals surface area contributed by atoms with Crippen LogP contribution in [0.25, 0.3) is 0 Å². The first-order valence-electron chi connectivity index (χ1n) is 8.71. The minimum absolute atomic E-state index is 0.0405. The van der Waals surface area contributed by atoms with Crippen molar-refractivity contribution in [3.8, 4) is 0 Å². The summed E-state index contributed by atoms with van der Waals surface area (Å²) >= 11 is 0. The summed E-state index contributed by atoms with van der Waals surface area (Å²) in [6.45, 7) is 3.96. The van der Waals surface area contributed by atoms with Crippen LogP contribution in [0.15, 0.2) is 48.8 Å². The quantitative estimate of drug-likeness (QED) is 0.819. The SMILES string of the molecule is C[C@H]1CN(C(=O)CCCNc2ncccn2)C[C@@H](c2ccccc2)O1. The minimum Gasteiger partial charge on any atom is -0.367 e. The highest BCUT2D eigenvalue weighted by atomic mass is 16.5. The second-order valence-electron chi connectivity index (χ2n) is 6.25. The number of benzene rings is 1. The van der Waals surface area contributed by atoms with Crippen LogP contribution in [0.2, 0.25) is 0 Å². The molecule has 0 radical (unpaired) electrons. The Morgan fingerprint density at radius 3 is 2.72 bits per heavy atom. The average Bonchev–Trinajstić information content (AvgIpc) is 2.66. The number of hydrogen-bond donors (Lipinski definition) is 1. The van der Waals surface area contributed by atoms with Gasteiger partial charge in [-0.2, -0.15) is 0 Å². The zero-order valence-corrected chi connectivity index (χ0v) is 14.5. The fourth-order valence-corrected chi connectivity index (χ4v) is 3.00. The molecule has 2 aromatic rings. The Labute approximate surface area is 148 Å². The molecule has 0 bridgehead atoms. The fourth-order valence-electron chi connectivity index (χ4n) is 3.00. The Morgan fingerprint density at radius 1 is 1.20 bits per heavy atom. The van der Waals surface area contributed by atoms with Crippen molar-refractivity contribution >= 4 is 11.9 Å². The van der Waals surface area contributed by atoms with Gasteiger partial charge in [-0.3, -0.25) is 4.79 Å². The minimum atomic E-state index is -0.0512. The van der Waals surface area contributed by atoms with Crippen molar-refractivity contribution in [3.05, 3.63) is 54.4 Å². The maximum absolute atomic E-state index is 12.5. The van der Waals surface area contributed by atoms with Crippen molar-refractivity contribution < 1.29 is 9.53 Å². The van der Waals surface area contributed by atoms with E-state index in [1.165, 1.54) is 0 Å². The molecule has 1 aromatic carbocycles. The largest absolute Gasteiger partial charge is 0.367 e. The van der Waals surface area contributed by atoms with Gasteiger partial charge in [-0.15, -0.1) is 0 Å². The number of carbonyl (C=O) groups excluding carboxylic acids is 1. The van der Waals surface area contributed by atoms with Crippen LogP contribution in [0.5, 0.6) is 0 Å². The zero-order valence-electron chi connectivity index (χ0n) is 14.5. The summed E-state index contributed by atoms with van der Waals surface area (Å²) in [5.74, 6) is 0.769. The molecule has 1 fully saturated rings. The molecule has 0 saturated carbocycles. The van der Waals surface area contributed by atoms with Crippen molar-refractivity contribution in [2.75, 3.05) is 25.0 Å². The Balaban J connectivity index is 1.47. The van der Waals surface area contributed by atoms with E-state index >= 15 is 0 Å². The lowest BCUT2D eigenvalue weighted by atomic mass is 10.1. The summed E-state index contributed by atoms with van der Waals surface area (Å²) in [4.78, 5) is 22.7. The highest BCUT2D eigenvalue weighted by Gasteiger charge is 2.28. The molecule has 6 heteroatoms. The average molecular weight is 340 g/mol. The number of hydrogen-bond acceptors (Lipinski definition) is 5. The number of aromatic nitrogens is 2. The van der Waals surface area contributed by atoms with Crippen LogP contribution >= 0.6 is 0 Å². The monoisotopic (exact) mass is 340 g/mol. The molecule has 0 aliphatic carbocycles. The molecule has 2 heterocycles. The highest BCUT2D eigenvalue weighted by molar-refractivity contribution is 5.76. The number of rotatable bonds is 6. The molecule has 2 atom stereocenters. The molecule has 3 rings (SSSR count). The zero-order chi connectivity index (χ0) is 17.5. The van der Waals surface area contributed by atoms with E-state index in [1.54, 1.807) is 18.5 Å². The van der Waals surface area contributed by atoms with E-state index in [9.17, 15) is 4.79 Å². The summed E-state index contributed by atoms with van der Waals surface area (Å²) in [6.07, 6.45) is 4.63. The standard InChI is InChI=1S/C19H24N4O2/c1-15-13-23(14-17(25-15)16-7-3-2-4-8-16)18(24)9-5-10-20-19-21-11-6-12-22-19/h2-4,6-8,11-12,15,17H,5,9-10,13-14H2,1H3,(H,20,21,22)/t15-,17-/m0/s1. The van der Waals surface area contributed by atoms with Gasteiger partial charge in [0.2, 0.25) is 11.9 Å². The van der Waals surface area contributed by atoms with Gasteiger partial charge in [-0.1, -0.05) is 30.3 Å². The Kier molecular flexibility index (Phi) is 5.95. The number of amides is 1. The lowest BCUT2D eigenvalue weighted by molar-refractivity contribution is -0.144. The van der Waals surface area contributed by atoms with E-state index in [0.717, 1.165) is 12.0 Å². The summed E-state index contributed by atoms with van der Waals surface area (Å²) in [5, 5.41) is 3.13. The number of carbonyl (C=O) groups is 1. The van der Waals surface area contributed by atoms with Crippen molar-refractivity contribution in [2.45, 2.75) is 32.0 Å². The van der Waals surface area contributed by atoms with Gasteiger partial charge < -0.3 is 15.0 Å². The van der Waals surface area contributed by atoms with E-state index < -0.39 is 0 Å². The molecule has 1 amide bonds. The number of anilines is 1. The molecule has 132 valence electrons. The van der Waals surface area contributed by atoms with Crippen molar-refractivity contribution in [2.24, 2.45) is 0 Å². The molecule has 6 nitrogen and oxygen atoms in total. The van der Waals surface area contributed by atoms with Crippen LogP contribution in [0.4, 0.5) is 5.95 Å². The fraction of sp³-hybridized carbons (Fsp3) is 0.421. The highest BCUT2D eigenvalue weighted by Crippen LogP contribution is 2.25. The first-order valence-corrected chi connectivity index (χ1v) is 8.71. The van der Waals surface area contributed by atoms with Crippen molar-refractivity contribution in [3.63, 3.8) is 0 Å². The topological polar surface area (TPSA) is 67.4 Å². The molecule has 1 aromatic heterocycles. The van der Waals surface area contributed by atoms with E-state index in [-0.39, 0.29) is 18.1 Å². The van der Waals surface area contributed by atoms with Gasteiger partial charge in [0.25, 0.3) is 0 Å². The molecular weight excluding hydrogens is 316 g/mol. The van der Waals surface area contributed by atoms with Gasteiger partial charge in [-0.05, 0) is 25.0 Å².